The maximum atomic E-state index is 5.18. The molecule has 11 heavy (non-hydrogen) atoms. The van der Waals surface area contributed by atoms with Crippen molar-refractivity contribution in [2.75, 3.05) is 7.11 Å². The second-order valence-corrected chi connectivity index (χ2v) is 2.49. The summed E-state index contributed by atoms with van der Waals surface area (Å²) in [6.07, 6.45) is 2.84. The lowest BCUT2D eigenvalue weighted by Crippen LogP contribution is -1.92. The van der Waals surface area contributed by atoms with Gasteiger partial charge < -0.3 is 4.74 Å². The van der Waals surface area contributed by atoms with Gasteiger partial charge in [-0.15, -0.1) is 0 Å². The number of methoxy groups -OCH3 is 1. The van der Waals surface area contributed by atoms with Crippen molar-refractivity contribution in [1.82, 2.24) is 4.98 Å². The number of hydrogen-bond donors (Lipinski definition) is 0. The first-order valence-corrected chi connectivity index (χ1v) is 3.77. The van der Waals surface area contributed by atoms with E-state index in [-0.39, 0.29) is 0 Å². The van der Waals surface area contributed by atoms with Gasteiger partial charge in [-0.2, -0.15) is 0 Å². The van der Waals surface area contributed by atoms with Gasteiger partial charge in [0.05, 0.1) is 7.11 Å². The summed E-state index contributed by atoms with van der Waals surface area (Å²) in [5.74, 6) is 0.944. The highest BCUT2D eigenvalue weighted by atomic mass is 16.5. The normalized spacial score (nSPS) is 9.73. The van der Waals surface area contributed by atoms with Crippen molar-refractivity contribution in [3.8, 4) is 5.75 Å². The van der Waals surface area contributed by atoms with Crippen LogP contribution in [0, 0.1) is 6.92 Å². The minimum Gasteiger partial charge on any atom is -0.496 e. The highest BCUT2D eigenvalue weighted by Gasteiger charge is 1.99. The average molecular weight is 151 g/mol. The summed E-state index contributed by atoms with van der Waals surface area (Å²) in [5.41, 5.74) is 2.16. The zero-order valence-electron chi connectivity index (χ0n) is 7.22. The van der Waals surface area contributed by atoms with Gasteiger partial charge in [0.15, 0.2) is 0 Å². The monoisotopic (exact) mass is 151 g/mol. The quantitative estimate of drug-likeness (QED) is 0.644. The molecule has 60 valence electrons. The van der Waals surface area contributed by atoms with Gasteiger partial charge in [-0.25, -0.2) is 0 Å². The summed E-state index contributed by atoms with van der Waals surface area (Å²) in [6.45, 7) is 4.05. The van der Waals surface area contributed by atoms with Crippen molar-refractivity contribution < 1.29 is 4.74 Å². The molecule has 1 aromatic rings. The Labute approximate surface area is 67.2 Å². The number of rotatable bonds is 2. The van der Waals surface area contributed by atoms with Crippen LogP contribution in [0.5, 0.6) is 5.75 Å². The second kappa shape index (κ2) is 3.37. The lowest BCUT2D eigenvalue weighted by molar-refractivity contribution is 0.409. The number of aromatic nitrogens is 1. The minimum absolute atomic E-state index is 0.944. The summed E-state index contributed by atoms with van der Waals surface area (Å²) in [4.78, 5) is 4.18. The van der Waals surface area contributed by atoms with Crippen molar-refractivity contribution in [1.29, 1.82) is 0 Å². The van der Waals surface area contributed by atoms with E-state index in [4.69, 9.17) is 4.74 Å². The maximum Gasteiger partial charge on any atom is 0.125 e. The summed E-state index contributed by atoms with van der Waals surface area (Å²) < 4.78 is 5.18. The Morgan fingerprint density at radius 1 is 1.55 bits per heavy atom. The highest BCUT2D eigenvalue weighted by Crippen LogP contribution is 2.17. The van der Waals surface area contributed by atoms with Gasteiger partial charge >= 0.3 is 0 Å². The molecule has 0 radical (unpaired) electrons. The Morgan fingerprint density at radius 2 is 2.27 bits per heavy atom. The van der Waals surface area contributed by atoms with Crippen LogP contribution < -0.4 is 4.74 Å². The van der Waals surface area contributed by atoms with Crippen molar-refractivity contribution in [3.05, 3.63) is 23.5 Å². The molecule has 0 aliphatic carbocycles. The smallest absolute Gasteiger partial charge is 0.125 e. The second-order valence-electron chi connectivity index (χ2n) is 2.49. The molecule has 2 heteroatoms. The Balaban J connectivity index is 3.06. The van der Waals surface area contributed by atoms with Crippen LogP contribution in [-0.2, 0) is 6.42 Å². The average Bonchev–Trinajstić information content (AvgIpc) is 2.04. The van der Waals surface area contributed by atoms with E-state index in [2.05, 4.69) is 11.9 Å². The van der Waals surface area contributed by atoms with Crippen molar-refractivity contribution in [3.63, 3.8) is 0 Å². The lowest BCUT2D eigenvalue weighted by atomic mass is 10.2. The predicted molar refractivity (Wildman–Crippen MR) is 44.9 cm³/mol. The minimum atomic E-state index is 0.944. The Kier molecular flexibility index (Phi) is 2.47. The van der Waals surface area contributed by atoms with E-state index < -0.39 is 0 Å². The molecule has 0 fully saturated rings. The van der Waals surface area contributed by atoms with Crippen molar-refractivity contribution >= 4 is 0 Å². The molecular weight excluding hydrogens is 138 g/mol. The van der Waals surface area contributed by atoms with Gasteiger partial charge in [-0.3, -0.25) is 4.98 Å². The third-order valence-electron chi connectivity index (χ3n) is 1.68. The van der Waals surface area contributed by atoms with E-state index in [1.807, 2.05) is 19.2 Å². The molecule has 0 bridgehead atoms. The van der Waals surface area contributed by atoms with Gasteiger partial charge in [0.2, 0.25) is 0 Å². The van der Waals surface area contributed by atoms with Crippen LogP contribution in [0.2, 0.25) is 0 Å². The molecule has 2 nitrogen and oxygen atoms in total. The summed E-state index contributed by atoms with van der Waals surface area (Å²) in [7, 11) is 1.69. The molecule has 1 heterocycles. The van der Waals surface area contributed by atoms with Crippen LogP contribution in [-0.4, -0.2) is 12.1 Å². The van der Waals surface area contributed by atoms with Gasteiger partial charge in [0, 0.05) is 23.5 Å². The van der Waals surface area contributed by atoms with Crippen LogP contribution in [0.1, 0.15) is 18.2 Å². The molecule has 0 unspecified atom stereocenters. The molecule has 1 aromatic heterocycles. The summed E-state index contributed by atoms with van der Waals surface area (Å²) in [6, 6.07) is 1.96. The number of nitrogens with zero attached hydrogens (tertiary/aromatic N) is 1. The largest absolute Gasteiger partial charge is 0.496 e. The SMILES string of the molecule is CCc1cnc(C)cc1OC. The lowest BCUT2D eigenvalue weighted by Gasteiger charge is -2.05. The summed E-state index contributed by atoms with van der Waals surface area (Å²) in [5, 5.41) is 0. The fourth-order valence-corrected chi connectivity index (χ4v) is 1.02. The first-order chi connectivity index (χ1) is 5.27. The standard InChI is InChI=1S/C9H13NO/c1-4-8-6-10-7(2)5-9(8)11-3/h5-6H,4H2,1-3H3. The predicted octanol–water partition coefficient (Wildman–Crippen LogP) is 1.96. The van der Waals surface area contributed by atoms with Crippen molar-refractivity contribution in [2.45, 2.75) is 20.3 Å². The number of hydrogen-bond acceptors (Lipinski definition) is 2. The third-order valence-corrected chi connectivity index (χ3v) is 1.68. The molecule has 0 spiro atoms. The van der Waals surface area contributed by atoms with Gasteiger partial charge in [0.25, 0.3) is 0 Å². The fraction of sp³-hybridized carbons (Fsp3) is 0.444. The molecule has 1 rings (SSSR count). The number of aryl methyl sites for hydroxylation is 2. The molecule has 0 aliphatic rings. The van der Waals surface area contributed by atoms with Crippen molar-refractivity contribution in [2.24, 2.45) is 0 Å². The molecule has 0 aromatic carbocycles. The maximum absolute atomic E-state index is 5.18. The van der Waals surface area contributed by atoms with Gasteiger partial charge in [-0.1, -0.05) is 6.92 Å². The molecule has 0 atom stereocenters. The van der Waals surface area contributed by atoms with Gasteiger partial charge in [-0.05, 0) is 13.3 Å². The van der Waals surface area contributed by atoms with E-state index in [0.29, 0.717) is 0 Å². The van der Waals surface area contributed by atoms with Crippen LogP contribution >= 0.6 is 0 Å². The third kappa shape index (κ3) is 1.70. The van der Waals surface area contributed by atoms with Gasteiger partial charge in [0.1, 0.15) is 5.75 Å². The molecule has 0 saturated carbocycles. The van der Waals surface area contributed by atoms with Crippen LogP contribution in [0.15, 0.2) is 12.3 Å². The zero-order valence-corrected chi connectivity index (χ0v) is 7.22. The first-order valence-electron chi connectivity index (χ1n) is 3.77. The first kappa shape index (κ1) is 8.05. The molecule has 0 aliphatic heterocycles. The number of ether oxygens (including phenoxy) is 1. The molecule has 0 amide bonds. The van der Waals surface area contributed by atoms with Crippen LogP contribution in [0.4, 0.5) is 0 Å². The van der Waals surface area contributed by atoms with Crippen LogP contribution in [0.3, 0.4) is 0 Å². The topological polar surface area (TPSA) is 22.1 Å². The Bertz CT molecular complexity index is 245. The van der Waals surface area contributed by atoms with E-state index in [1.54, 1.807) is 7.11 Å². The fourth-order valence-electron chi connectivity index (χ4n) is 1.02. The van der Waals surface area contributed by atoms with E-state index in [1.165, 1.54) is 0 Å². The Hall–Kier alpha value is -1.05. The van der Waals surface area contributed by atoms with E-state index in [0.717, 1.165) is 23.4 Å². The number of pyridine rings is 1. The molecule has 0 saturated heterocycles. The Morgan fingerprint density at radius 3 is 2.82 bits per heavy atom. The molecular formula is C9H13NO. The zero-order chi connectivity index (χ0) is 8.27. The molecule has 0 N–H and O–H groups in total. The van der Waals surface area contributed by atoms with Crippen LogP contribution in [0.25, 0.3) is 0 Å². The summed E-state index contributed by atoms with van der Waals surface area (Å²) >= 11 is 0. The van der Waals surface area contributed by atoms with E-state index >= 15 is 0 Å². The van der Waals surface area contributed by atoms with E-state index in [9.17, 15) is 0 Å². The highest BCUT2D eigenvalue weighted by molar-refractivity contribution is 5.32.